The molecule has 0 aliphatic heterocycles. The van der Waals surface area contributed by atoms with Crippen LogP contribution in [0.3, 0.4) is 0 Å². The van der Waals surface area contributed by atoms with Gasteiger partial charge in [-0.25, -0.2) is 0 Å². The van der Waals surface area contributed by atoms with E-state index in [0.29, 0.717) is 0 Å². The van der Waals surface area contributed by atoms with Crippen molar-refractivity contribution in [2.24, 2.45) is 7.05 Å². The zero-order valence-corrected chi connectivity index (χ0v) is 8.94. The summed E-state index contributed by atoms with van der Waals surface area (Å²) in [6, 6.07) is 5.95. The van der Waals surface area contributed by atoms with Crippen molar-refractivity contribution in [2.45, 2.75) is 13.5 Å². The Morgan fingerprint density at radius 3 is 2.87 bits per heavy atom. The number of aryl methyl sites for hydroxylation is 2. The molecule has 4 heteroatoms. The number of rotatable bonds is 3. The third-order valence-electron chi connectivity index (χ3n) is 2.39. The van der Waals surface area contributed by atoms with E-state index in [9.17, 15) is 0 Å². The van der Waals surface area contributed by atoms with Gasteiger partial charge >= 0.3 is 0 Å². The maximum absolute atomic E-state index is 4.22. The molecule has 15 heavy (non-hydrogen) atoms. The van der Waals surface area contributed by atoms with Gasteiger partial charge in [0, 0.05) is 19.4 Å². The summed E-state index contributed by atoms with van der Waals surface area (Å²) < 4.78 is 1.86. The minimum Gasteiger partial charge on any atom is -0.378 e. The fourth-order valence-corrected chi connectivity index (χ4v) is 1.43. The van der Waals surface area contributed by atoms with Crippen molar-refractivity contribution >= 4 is 5.69 Å². The van der Waals surface area contributed by atoms with E-state index in [1.165, 1.54) is 0 Å². The van der Waals surface area contributed by atoms with E-state index in [1.807, 2.05) is 36.9 Å². The SMILES string of the molecule is Cc1ncccc1NCc1ccnn1C. The number of anilines is 1. The summed E-state index contributed by atoms with van der Waals surface area (Å²) in [6.07, 6.45) is 3.59. The Balaban J connectivity index is 2.06. The summed E-state index contributed by atoms with van der Waals surface area (Å²) in [6.45, 7) is 2.76. The number of hydrogen-bond acceptors (Lipinski definition) is 3. The standard InChI is InChI=1S/C11H14N4/c1-9-11(4-3-6-12-9)13-8-10-5-7-14-15(10)2/h3-7,13H,8H2,1-2H3. The van der Waals surface area contributed by atoms with E-state index in [2.05, 4.69) is 15.4 Å². The van der Waals surface area contributed by atoms with E-state index in [4.69, 9.17) is 0 Å². The molecule has 4 nitrogen and oxygen atoms in total. The lowest BCUT2D eigenvalue weighted by molar-refractivity contribution is 0.720. The third kappa shape index (κ3) is 2.15. The van der Waals surface area contributed by atoms with Crippen LogP contribution < -0.4 is 5.32 Å². The first-order valence-electron chi connectivity index (χ1n) is 4.90. The first-order valence-corrected chi connectivity index (χ1v) is 4.90. The van der Waals surface area contributed by atoms with E-state index in [1.54, 1.807) is 12.4 Å². The van der Waals surface area contributed by atoms with Gasteiger partial charge in [-0.05, 0) is 25.1 Å². The van der Waals surface area contributed by atoms with Crippen LogP contribution in [0.1, 0.15) is 11.4 Å². The quantitative estimate of drug-likeness (QED) is 0.824. The van der Waals surface area contributed by atoms with Gasteiger partial charge in [-0.3, -0.25) is 9.67 Å². The van der Waals surface area contributed by atoms with Crippen LogP contribution in [-0.4, -0.2) is 14.8 Å². The molecule has 0 radical (unpaired) electrons. The Hall–Kier alpha value is -1.84. The molecule has 1 N–H and O–H groups in total. The summed E-state index contributed by atoms with van der Waals surface area (Å²) in [7, 11) is 1.94. The second-order valence-corrected chi connectivity index (χ2v) is 3.44. The second-order valence-electron chi connectivity index (χ2n) is 3.44. The number of nitrogens with zero attached hydrogens (tertiary/aromatic N) is 3. The minimum absolute atomic E-state index is 0.767. The van der Waals surface area contributed by atoms with E-state index >= 15 is 0 Å². The maximum Gasteiger partial charge on any atom is 0.0603 e. The molecule has 2 aromatic rings. The molecule has 0 fully saturated rings. The average Bonchev–Trinajstić information content (AvgIpc) is 2.63. The monoisotopic (exact) mass is 202 g/mol. The van der Waals surface area contributed by atoms with Crippen molar-refractivity contribution in [3.63, 3.8) is 0 Å². The molecule has 0 bridgehead atoms. The molecule has 0 spiro atoms. The van der Waals surface area contributed by atoms with Crippen molar-refractivity contribution in [2.75, 3.05) is 5.32 Å². The van der Waals surface area contributed by atoms with Gasteiger partial charge in [-0.15, -0.1) is 0 Å². The van der Waals surface area contributed by atoms with Crippen molar-refractivity contribution in [1.82, 2.24) is 14.8 Å². The predicted molar refractivity (Wildman–Crippen MR) is 59.5 cm³/mol. The summed E-state index contributed by atoms with van der Waals surface area (Å²) in [5.41, 5.74) is 3.23. The fraction of sp³-hybridized carbons (Fsp3) is 0.273. The highest BCUT2D eigenvalue weighted by Gasteiger charge is 2.00. The molecule has 0 saturated heterocycles. The van der Waals surface area contributed by atoms with Crippen molar-refractivity contribution in [3.05, 3.63) is 42.0 Å². The fourth-order valence-electron chi connectivity index (χ4n) is 1.43. The van der Waals surface area contributed by atoms with Crippen LogP contribution in [0.4, 0.5) is 5.69 Å². The lowest BCUT2D eigenvalue weighted by atomic mass is 10.3. The van der Waals surface area contributed by atoms with Crippen LogP contribution >= 0.6 is 0 Å². The van der Waals surface area contributed by atoms with Gasteiger partial charge in [0.15, 0.2) is 0 Å². The highest BCUT2D eigenvalue weighted by molar-refractivity contribution is 5.46. The topological polar surface area (TPSA) is 42.7 Å². The normalized spacial score (nSPS) is 10.3. The number of pyridine rings is 1. The number of aromatic nitrogens is 3. The van der Waals surface area contributed by atoms with Crippen LogP contribution in [0, 0.1) is 6.92 Å². The van der Waals surface area contributed by atoms with Crippen LogP contribution in [0.2, 0.25) is 0 Å². The summed E-state index contributed by atoms with van der Waals surface area (Å²) in [5.74, 6) is 0. The predicted octanol–water partition coefficient (Wildman–Crippen LogP) is 1.74. The highest BCUT2D eigenvalue weighted by Crippen LogP contribution is 2.11. The van der Waals surface area contributed by atoms with E-state index in [-0.39, 0.29) is 0 Å². The third-order valence-corrected chi connectivity index (χ3v) is 2.39. The average molecular weight is 202 g/mol. The summed E-state index contributed by atoms with van der Waals surface area (Å²) >= 11 is 0. The van der Waals surface area contributed by atoms with Gasteiger partial charge in [0.25, 0.3) is 0 Å². The Kier molecular flexibility index (Phi) is 2.67. The van der Waals surface area contributed by atoms with Crippen LogP contribution in [0.25, 0.3) is 0 Å². The zero-order valence-electron chi connectivity index (χ0n) is 8.94. The number of nitrogens with one attached hydrogen (secondary N) is 1. The van der Waals surface area contributed by atoms with Gasteiger partial charge in [-0.2, -0.15) is 5.10 Å². The zero-order chi connectivity index (χ0) is 10.7. The van der Waals surface area contributed by atoms with Gasteiger partial charge in [0.05, 0.1) is 23.6 Å². The first-order chi connectivity index (χ1) is 7.27. The molecule has 0 amide bonds. The molecule has 0 unspecified atom stereocenters. The smallest absolute Gasteiger partial charge is 0.0603 e. The van der Waals surface area contributed by atoms with Gasteiger partial charge in [0.2, 0.25) is 0 Å². The van der Waals surface area contributed by atoms with Gasteiger partial charge < -0.3 is 5.32 Å². The molecule has 0 aromatic carbocycles. The van der Waals surface area contributed by atoms with Crippen LogP contribution in [-0.2, 0) is 13.6 Å². The van der Waals surface area contributed by atoms with Crippen LogP contribution in [0.15, 0.2) is 30.6 Å². The lowest BCUT2D eigenvalue weighted by Gasteiger charge is -2.08. The van der Waals surface area contributed by atoms with Crippen molar-refractivity contribution in [3.8, 4) is 0 Å². The molecule has 0 aliphatic rings. The van der Waals surface area contributed by atoms with E-state index in [0.717, 1.165) is 23.6 Å². The lowest BCUT2D eigenvalue weighted by Crippen LogP contribution is -2.06. The second kappa shape index (κ2) is 4.13. The molecule has 2 rings (SSSR count). The molecule has 78 valence electrons. The Bertz CT molecular complexity index is 447. The Morgan fingerprint density at radius 2 is 2.20 bits per heavy atom. The summed E-state index contributed by atoms with van der Waals surface area (Å²) in [5, 5.41) is 7.45. The molecule has 0 aliphatic carbocycles. The van der Waals surface area contributed by atoms with Gasteiger partial charge in [-0.1, -0.05) is 0 Å². The minimum atomic E-state index is 0.767. The Morgan fingerprint density at radius 1 is 1.33 bits per heavy atom. The molecular formula is C11H14N4. The molecule has 0 atom stereocenters. The molecular weight excluding hydrogens is 188 g/mol. The first kappa shape index (κ1) is 9.71. The van der Waals surface area contributed by atoms with Crippen molar-refractivity contribution in [1.29, 1.82) is 0 Å². The van der Waals surface area contributed by atoms with Crippen LogP contribution in [0.5, 0.6) is 0 Å². The molecule has 2 aromatic heterocycles. The molecule has 2 heterocycles. The largest absolute Gasteiger partial charge is 0.378 e. The maximum atomic E-state index is 4.22. The van der Waals surface area contributed by atoms with Crippen molar-refractivity contribution < 1.29 is 0 Å². The highest BCUT2D eigenvalue weighted by atomic mass is 15.3. The summed E-state index contributed by atoms with van der Waals surface area (Å²) in [4.78, 5) is 4.22. The number of hydrogen-bond donors (Lipinski definition) is 1. The molecule has 0 saturated carbocycles. The van der Waals surface area contributed by atoms with Gasteiger partial charge in [0.1, 0.15) is 0 Å². The van der Waals surface area contributed by atoms with E-state index < -0.39 is 0 Å². The Labute approximate surface area is 89.0 Å².